The minimum atomic E-state index is 0.0121. The Hall–Kier alpha value is -0.530. The first-order chi connectivity index (χ1) is 11.0. The molecule has 0 amide bonds. The average Bonchev–Trinajstić information content (AvgIpc) is 2.48. The Morgan fingerprint density at radius 3 is 2.13 bits per heavy atom. The van der Waals surface area contributed by atoms with Gasteiger partial charge in [0.2, 0.25) is 0 Å². The van der Waals surface area contributed by atoms with Gasteiger partial charge >= 0.3 is 5.97 Å². The van der Waals surface area contributed by atoms with Crippen LogP contribution < -0.4 is 0 Å². The number of ether oxygens (including phenoxy) is 1. The highest BCUT2D eigenvalue weighted by Gasteiger charge is 2.14. The van der Waals surface area contributed by atoms with Crippen molar-refractivity contribution in [3.8, 4) is 0 Å². The van der Waals surface area contributed by atoms with E-state index in [-0.39, 0.29) is 5.97 Å². The number of hydrogen-bond acceptors (Lipinski definition) is 2. The SMILES string of the molecule is CCCC(C)CC(CCC)COC(=O)CCCCCCC(C)C. The van der Waals surface area contributed by atoms with Crippen molar-refractivity contribution in [3.63, 3.8) is 0 Å². The molecular formula is C21H42O2. The van der Waals surface area contributed by atoms with Gasteiger partial charge in [0, 0.05) is 6.42 Å². The van der Waals surface area contributed by atoms with Gasteiger partial charge in [-0.2, -0.15) is 0 Å². The quantitative estimate of drug-likeness (QED) is 0.245. The van der Waals surface area contributed by atoms with Gasteiger partial charge in [-0.3, -0.25) is 4.79 Å². The molecule has 0 radical (unpaired) electrons. The maximum atomic E-state index is 11.9. The Kier molecular flexibility index (Phi) is 14.7. The maximum Gasteiger partial charge on any atom is 0.305 e. The zero-order valence-corrected chi connectivity index (χ0v) is 16.5. The Morgan fingerprint density at radius 2 is 1.52 bits per heavy atom. The lowest BCUT2D eigenvalue weighted by Crippen LogP contribution is -2.16. The van der Waals surface area contributed by atoms with Gasteiger partial charge in [0.15, 0.2) is 0 Å². The number of carbonyl (C=O) groups is 1. The topological polar surface area (TPSA) is 26.3 Å². The van der Waals surface area contributed by atoms with E-state index in [0.29, 0.717) is 18.9 Å². The van der Waals surface area contributed by atoms with Crippen LogP contribution in [-0.4, -0.2) is 12.6 Å². The first-order valence-electron chi connectivity index (χ1n) is 10.1. The molecule has 2 unspecified atom stereocenters. The molecule has 0 N–H and O–H groups in total. The fourth-order valence-electron chi connectivity index (χ4n) is 3.32. The van der Waals surface area contributed by atoms with Crippen molar-refractivity contribution in [1.82, 2.24) is 0 Å². The molecule has 0 spiro atoms. The summed E-state index contributed by atoms with van der Waals surface area (Å²) >= 11 is 0. The van der Waals surface area contributed by atoms with Gasteiger partial charge in [0.05, 0.1) is 6.61 Å². The fourth-order valence-corrected chi connectivity index (χ4v) is 3.32. The van der Waals surface area contributed by atoms with Gasteiger partial charge < -0.3 is 4.74 Å². The molecule has 0 aliphatic rings. The number of carbonyl (C=O) groups excluding carboxylic acids is 1. The van der Waals surface area contributed by atoms with Crippen LogP contribution in [0, 0.1) is 17.8 Å². The summed E-state index contributed by atoms with van der Waals surface area (Å²) in [6.07, 6.45) is 12.7. The molecule has 0 rings (SSSR count). The van der Waals surface area contributed by atoms with Gasteiger partial charge in [0.1, 0.15) is 0 Å². The number of unbranched alkanes of at least 4 members (excludes halogenated alkanes) is 3. The van der Waals surface area contributed by atoms with Crippen molar-refractivity contribution in [2.75, 3.05) is 6.61 Å². The smallest absolute Gasteiger partial charge is 0.305 e. The third kappa shape index (κ3) is 14.8. The second-order valence-corrected chi connectivity index (χ2v) is 7.81. The summed E-state index contributed by atoms with van der Waals surface area (Å²) in [6, 6.07) is 0. The van der Waals surface area contributed by atoms with E-state index in [2.05, 4.69) is 34.6 Å². The van der Waals surface area contributed by atoms with E-state index in [1.807, 2.05) is 0 Å². The molecule has 0 aromatic carbocycles. The van der Waals surface area contributed by atoms with Crippen molar-refractivity contribution in [3.05, 3.63) is 0 Å². The monoisotopic (exact) mass is 326 g/mol. The standard InChI is InChI=1S/C21H42O2/c1-6-12-19(5)16-20(13-7-2)17-23-21(22)15-11-9-8-10-14-18(3)4/h18-20H,6-17H2,1-5H3. The number of rotatable bonds is 15. The van der Waals surface area contributed by atoms with Crippen LogP contribution in [0.2, 0.25) is 0 Å². The summed E-state index contributed by atoms with van der Waals surface area (Å²) in [5, 5.41) is 0. The molecular weight excluding hydrogens is 284 g/mol. The summed E-state index contributed by atoms with van der Waals surface area (Å²) in [5.74, 6) is 2.11. The zero-order valence-electron chi connectivity index (χ0n) is 16.5. The zero-order chi connectivity index (χ0) is 17.5. The van der Waals surface area contributed by atoms with Crippen LogP contribution in [0.3, 0.4) is 0 Å². The normalized spacial score (nSPS) is 14.0. The van der Waals surface area contributed by atoms with Gasteiger partial charge in [0.25, 0.3) is 0 Å². The van der Waals surface area contributed by atoms with Crippen molar-refractivity contribution in [1.29, 1.82) is 0 Å². The van der Waals surface area contributed by atoms with Crippen LogP contribution in [0.1, 0.15) is 105 Å². The first-order valence-corrected chi connectivity index (χ1v) is 10.1. The summed E-state index contributed by atoms with van der Waals surface area (Å²) in [4.78, 5) is 11.9. The maximum absolute atomic E-state index is 11.9. The van der Waals surface area contributed by atoms with E-state index in [1.54, 1.807) is 0 Å². The van der Waals surface area contributed by atoms with Crippen molar-refractivity contribution >= 4 is 5.97 Å². The molecule has 23 heavy (non-hydrogen) atoms. The minimum Gasteiger partial charge on any atom is -0.465 e. The van der Waals surface area contributed by atoms with Crippen LogP contribution in [0.15, 0.2) is 0 Å². The molecule has 0 fully saturated rings. The lowest BCUT2D eigenvalue weighted by atomic mass is 9.90. The van der Waals surface area contributed by atoms with Crippen molar-refractivity contribution in [2.45, 2.75) is 105 Å². The molecule has 0 saturated carbocycles. The van der Waals surface area contributed by atoms with E-state index in [0.717, 1.165) is 24.7 Å². The first kappa shape index (κ1) is 22.5. The lowest BCUT2D eigenvalue weighted by molar-refractivity contribution is -0.145. The van der Waals surface area contributed by atoms with Crippen LogP contribution in [0.5, 0.6) is 0 Å². The molecule has 2 nitrogen and oxygen atoms in total. The highest BCUT2D eigenvalue weighted by molar-refractivity contribution is 5.69. The van der Waals surface area contributed by atoms with Gasteiger partial charge in [-0.15, -0.1) is 0 Å². The van der Waals surface area contributed by atoms with E-state index >= 15 is 0 Å². The Balaban J connectivity index is 3.77. The third-order valence-electron chi connectivity index (χ3n) is 4.61. The highest BCUT2D eigenvalue weighted by atomic mass is 16.5. The van der Waals surface area contributed by atoms with Crippen LogP contribution in [0.25, 0.3) is 0 Å². The van der Waals surface area contributed by atoms with Crippen LogP contribution in [-0.2, 0) is 9.53 Å². The van der Waals surface area contributed by atoms with Crippen molar-refractivity contribution in [2.24, 2.45) is 17.8 Å². The summed E-state index contributed by atoms with van der Waals surface area (Å²) in [7, 11) is 0. The molecule has 0 aliphatic carbocycles. The van der Waals surface area contributed by atoms with E-state index in [1.165, 1.54) is 51.4 Å². The van der Waals surface area contributed by atoms with Gasteiger partial charge in [-0.25, -0.2) is 0 Å². The Labute approximate surface area is 145 Å². The molecule has 0 heterocycles. The number of esters is 1. The van der Waals surface area contributed by atoms with E-state index in [9.17, 15) is 4.79 Å². The highest BCUT2D eigenvalue weighted by Crippen LogP contribution is 2.21. The summed E-state index contributed by atoms with van der Waals surface area (Å²) in [5.41, 5.74) is 0. The fraction of sp³-hybridized carbons (Fsp3) is 0.952. The lowest BCUT2D eigenvalue weighted by Gasteiger charge is -2.20. The van der Waals surface area contributed by atoms with Gasteiger partial charge in [-0.1, -0.05) is 79.6 Å². The molecule has 0 saturated heterocycles. The second-order valence-electron chi connectivity index (χ2n) is 7.81. The summed E-state index contributed by atoms with van der Waals surface area (Å²) in [6.45, 7) is 12.0. The minimum absolute atomic E-state index is 0.0121. The predicted octanol–water partition coefficient (Wildman–Crippen LogP) is 6.77. The Morgan fingerprint density at radius 1 is 0.870 bits per heavy atom. The number of hydrogen-bond donors (Lipinski definition) is 0. The molecule has 138 valence electrons. The largest absolute Gasteiger partial charge is 0.465 e. The molecule has 0 bridgehead atoms. The van der Waals surface area contributed by atoms with E-state index < -0.39 is 0 Å². The van der Waals surface area contributed by atoms with E-state index in [4.69, 9.17) is 4.74 Å². The molecule has 0 aromatic rings. The Bertz CT molecular complexity index is 273. The molecule has 0 aliphatic heterocycles. The van der Waals surface area contributed by atoms with Gasteiger partial charge in [-0.05, 0) is 37.0 Å². The molecule has 2 heteroatoms. The average molecular weight is 327 g/mol. The van der Waals surface area contributed by atoms with Crippen molar-refractivity contribution < 1.29 is 9.53 Å². The third-order valence-corrected chi connectivity index (χ3v) is 4.61. The van der Waals surface area contributed by atoms with Crippen LogP contribution >= 0.6 is 0 Å². The van der Waals surface area contributed by atoms with Crippen LogP contribution in [0.4, 0.5) is 0 Å². The molecule has 0 aromatic heterocycles. The molecule has 2 atom stereocenters. The summed E-state index contributed by atoms with van der Waals surface area (Å²) < 4.78 is 5.54. The predicted molar refractivity (Wildman–Crippen MR) is 101 cm³/mol. The second kappa shape index (κ2) is 15.0.